The third-order valence-corrected chi connectivity index (χ3v) is 4.71. The molecule has 1 N–H and O–H groups in total. The number of H-pyrrole nitrogens is 1. The zero-order valence-corrected chi connectivity index (χ0v) is 15.6. The fraction of sp³-hybridized carbons (Fsp3) is 0.556. The van der Waals surface area contributed by atoms with E-state index in [2.05, 4.69) is 22.2 Å². The summed E-state index contributed by atoms with van der Waals surface area (Å²) in [6.45, 7) is 3.52. The third kappa shape index (κ3) is 3.49. The smallest absolute Gasteiger partial charge is 0.274 e. The van der Waals surface area contributed by atoms with Crippen molar-refractivity contribution in [2.45, 2.75) is 45.2 Å². The van der Waals surface area contributed by atoms with Crippen molar-refractivity contribution in [1.82, 2.24) is 29.8 Å². The number of aryl methyl sites for hydroxylation is 1. The molecule has 1 fully saturated rings. The molecule has 1 atom stereocenters. The molecule has 2 amide bonds. The van der Waals surface area contributed by atoms with Gasteiger partial charge in [-0.25, -0.2) is 0 Å². The molecule has 2 aromatic rings. The fourth-order valence-electron chi connectivity index (χ4n) is 3.41. The largest absolute Gasteiger partial charge is 0.345 e. The lowest BCUT2D eigenvalue weighted by atomic mass is 9.96. The summed E-state index contributed by atoms with van der Waals surface area (Å²) in [4.78, 5) is 28.8. The molecule has 1 aliphatic heterocycles. The molecule has 2 aromatic heterocycles. The monoisotopic (exact) mass is 358 g/mol. The summed E-state index contributed by atoms with van der Waals surface area (Å²) in [6.07, 6.45) is 7.11. The van der Waals surface area contributed by atoms with Crippen LogP contribution in [-0.2, 0) is 6.54 Å². The summed E-state index contributed by atoms with van der Waals surface area (Å²) in [6, 6.07) is 1.58. The Morgan fingerprint density at radius 2 is 2.15 bits per heavy atom. The lowest BCUT2D eigenvalue weighted by Gasteiger charge is -2.35. The van der Waals surface area contributed by atoms with Gasteiger partial charge in [0.05, 0.1) is 23.5 Å². The van der Waals surface area contributed by atoms with E-state index in [-0.39, 0.29) is 17.9 Å². The summed E-state index contributed by atoms with van der Waals surface area (Å²) in [7, 11) is 3.42. The van der Waals surface area contributed by atoms with E-state index < -0.39 is 0 Å². The van der Waals surface area contributed by atoms with Crippen LogP contribution in [0.15, 0.2) is 18.5 Å². The van der Waals surface area contributed by atoms with Gasteiger partial charge in [0, 0.05) is 33.4 Å². The minimum Gasteiger partial charge on any atom is -0.345 e. The molecule has 140 valence electrons. The highest BCUT2D eigenvalue weighted by Gasteiger charge is 2.33. The van der Waals surface area contributed by atoms with Crippen LogP contribution in [0.25, 0.3) is 0 Å². The van der Waals surface area contributed by atoms with Gasteiger partial charge in [-0.05, 0) is 31.7 Å². The lowest BCUT2D eigenvalue weighted by molar-refractivity contribution is 0.0593. The van der Waals surface area contributed by atoms with Crippen LogP contribution < -0.4 is 0 Å². The summed E-state index contributed by atoms with van der Waals surface area (Å²) in [5, 5.41) is 11.4. The SMILES string of the molecule is CCCn1ccc(C(=O)N2CCCCC2c2[nH]ncc2C(=O)N(C)C)n1. The summed E-state index contributed by atoms with van der Waals surface area (Å²) in [5.74, 6) is -0.207. The van der Waals surface area contributed by atoms with Crippen LogP contribution in [0.5, 0.6) is 0 Å². The third-order valence-electron chi connectivity index (χ3n) is 4.71. The van der Waals surface area contributed by atoms with Gasteiger partial charge in [-0.15, -0.1) is 0 Å². The standard InChI is InChI=1S/C18H26N6O2/c1-4-9-23-11-8-14(21-23)18(26)24-10-6-5-7-15(24)16-13(12-19-20-16)17(25)22(2)3/h8,11-12,15H,4-7,9-10H2,1-3H3,(H,19,20). The van der Waals surface area contributed by atoms with E-state index in [0.717, 1.165) is 32.2 Å². The van der Waals surface area contributed by atoms with Gasteiger partial charge < -0.3 is 9.80 Å². The minimum absolute atomic E-state index is 0.0950. The number of carbonyl (C=O) groups excluding carboxylic acids is 2. The molecule has 1 unspecified atom stereocenters. The van der Waals surface area contributed by atoms with Crippen molar-refractivity contribution in [3.63, 3.8) is 0 Å². The molecule has 1 saturated heterocycles. The number of hydrogen-bond acceptors (Lipinski definition) is 4. The molecule has 0 bridgehead atoms. The predicted molar refractivity (Wildman–Crippen MR) is 96.8 cm³/mol. The number of aromatic amines is 1. The van der Waals surface area contributed by atoms with E-state index in [1.165, 1.54) is 4.90 Å². The molecule has 8 nitrogen and oxygen atoms in total. The summed E-state index contributed by atoms with van der Waals surface area (Å²) in [5.41, 5.74) is 1.69. The average molecular weight is 358 g/mol. The zero-order chi connectivity index (χ0) is 18.7. The lowest BCUT2D eigenvalue weighted by Crippen LogP contribution is -2.39. The Labute approximate surface area is 153 Å². The van der Waals surface area contributed by atoms with Crippen LogP contribution in [0.2, 0.25) is 0 Å². The van der Waals surface area contributed by atoms with E-state index in [9.17, 15) is 9.59 Å². The first-order valence-electron chi connectivity index (χ1n) is 9.12. The number of carbonyl (C=O) groups is 2. The van der Waals surface area contributed by atoms with Gasteiger partial charge in [0.15, 0.2) is 0 Å². The van der Waals surface area contributed by atoms with Gasteiger partial charge in [0.25, 0.3) is 11.8 Å². The van der Waals surface area contributed by atoms with Crippen molar-refractivity contribution in [2.24, 2.45) is 0 Å². The van der Waals surface area contributed by atoms with Crippen molar-refractivity contribution < 1.29 is 9.59 Å². The number of aromatic nitrogens is 4. The Bertz CT molecular complexity index is 778. The first-order valence-corrected chi connectivity index (χ1v) is 9.12. The van der Waals surface area contributed by atoms with E-state index in [1.807, 2.05) is 11.1 Å². The quantitative estimate of drug-likeness (QED) is 0.886. The van der Waals surface area contributed by atoms with Crippen LogP contribution >= 0.6 is 0 Å². The summed E-state index contributed by atoms with van der Waals surface area (Å²) < 4.78 is 1.80. The molecule has 0 aliphatic carbocycles. The van der Waals surface area contributed by atoms with E-state index >= 15 is 0 Å². The van der Waals surface area contributed by atoms with Crippen LogP contribution in [0.3, 0.4) is 0 Å². The van der Waals surface area contributed by atoms with Crippen LogP contribution in [0.4, 0.5) is 0 Å². The Balaban J connectivity index is 1.88. The Kier molecular flexibility index (Phi) is 5.39. The van der Waals surface area contributed by atoms with Crippen molar-refractivity contribution >= 4 is 11.8 Å². The highest BCUT2D eigenvalue weighted by Crippen LogP contribution is 2.32. The van der Waals surface area contributed by atoms with E-state index in [1.54, 1.807) is 31.0 Å². The molecule has 0 saturated carbocycles. The Hall–Kier alpha value is -2.64. The normalized spacial score (nSPS) is 17.3. The first kappa shape index (κ1) is 18.2. The molecular formula is C18H26N6O2. The molecule has 1 aliphatic rings. The molecule has 8 heteroatoms. The average Bonchev–Trinajstić information content (AvgIpc) is 3.30. The maximum absolute atomic E-state index is 13.1. The minimum atomic E-state index is -0.186. The fourth-order valence-corrected chi connectivity index (χ4v) is 3.41. The van der Waals surface area contributed by atoms with Crippen molar-refractivity contribution in [3.8, 4) is 0 Å². The van der Waals surface area contributed by atoms with Gasteiger partial charge in [-0.2, -0.15) is 10.2 Å². The number of likely N-dealkylation sites (tertiary alicyclic amines) is 1. The maximum atomic E-state index is 13.1. The van der Waals surface area contributed by atoms with Gasteiger partial charge >= 0.3 is 0 Å². The van der Waals surface area contributed by atoms with Crippen LogP contribution in [-0.4, -0.2) is 62.2 Å². The number of nitrogens with one attached hydrogen (secondary N) is 1. The van der Waals surface area contributed by atoms with Crippen molar-refractivity contribution in [3.05, 3.63) is 35.4 Å². The van der Waals surface area contributed by atoms with Gasteiger partial charge in [0.1, 0.15) is 5.69 Å². The van der Waals surface area contributed by atoms with Crippen LogP contribution in [0.1, 0.15) is 65.2 Å². The number of amides is 2. The zero-order valence-electron chi connectivity index (χ0n) is 15.6. The number of hydrogen-bond donors (Lipinski definition) is 1. The van der Waals surface area contributed by atoms with E-state index in [4.69, 9.17) is 0 Å². The number of rotatable bonds is 5. The predicted octanol–water partition coefficient (Wildman–Crippen LogP) is 2.09. The number of piperidine rings is 1. The Morgan fingerprint density at radius 1 is 1.35 bits per heavy atom. The second-order valence-electron chi connectivity index (χ2n) is 6.87. The van der Waals surface area contributed by atoms with Gasteiger partial charge in [-0.1, -0.05) is 6.92 Å². The maximum Gasteiger partial charge on any atom is 0.274 e. The second kappa shape index (κ2) is 7.72. The molecular weight excluding hydrogens is 332 g/mol. The first-order chi connectivity index (χ1) is 12.5. The van der Waals surface area contributed by atoms with Gasteiger partial charge in [0.2, 0.25) is 0 Å². The molecule has 0 spiro atoms. The highest BCUT2D eigenvalue weighted by molar-refractivity contribution is 5.96. The molecule has 0 aromatic carbocycles. The highest BCUT2D eigenvalue weighted by atomic mass is 16.2. The van der Waals surface area contributed by atoms with Crippen LogP contribution in [0, 0.1) is 0 Å². The molecule has 26 heavy (non-hydrogen) atoms. The molecule has 3 rings (SSSR count). The number of nitrogens with zero attached hydrogens (tertiary/aromatic N) is 5. The van der Waals surface area contributed by atoms with Gasteiger partial charge in [-0.3, -0.25) is 19.4 Å². The Morgan fingerprint density at radius 3 is 2.88 bits per heavy atom. The molecule has 3 heterocycles. The van der Waals surface area contributed by atoms with Crippen molar-refractivity contribution in [2.75, 3.05) is 20.6 Å². The second-order valence-corrected chi connectivity index (χ2v) is 6.87. The topological polar surface area (TPSA) is 87.1 Å². The van der Waals surface area contributed by atoms with Crippen molar-refractivity contribution in [1.29, 1.82) is 0 Å². The summed E-state index contributed by atoms with van der Waals surface area (Å²) >= 11 is 0. The van der Waals surface area contributed by atoms with E-state index in [0.29, 0.717) is 23.5 Å². The molecule has 0 radical (unpaired) electrons.